The Balaban J connectivity index is 1.80. The van der Waals surface area contributed by atoms with Gasteiger partial charge in [-0.15, -0.1) is 0 Å². The molecule has 138 valence electrons. The number of benzene rings is 2. The van der Waals surface area contributed by atoms with Crippen LogP contribution in [0.3, 0.4) is 0 Å². The van der Waals surface area contributed by atoms with Gasteiger partial charge in [0.1, 0.15) is 11.3 Å². The SMILES string of the molecule is CC(c1cc2ccccc2o1)N(C)Cc1cccc(S(=O)(=O)N(C)C)c1. The van der Waals surface area contributed by atoms with Gasteiger partial charge in [0.2, 0.25) is 10.0 Å². The van der Waals surface area contributed by atoms with E-state index in [0.29, 0.717) is 11.4 Å². The van der Waals surface area contributed by atoms with Gasteiger partial charge in [-0.1, -0.05) is 30.3 Å². The van der Waals surface area contributed by atoms with E-state index in [1.807, 2.05) is 37.4 Å². The quantitative estimate of drug-likeness (QED) is 0.659. The summed E-state index contributed by atoms with van der Waals surface area (Å²) in [4.78, 5) is 2.45. The van der Waals surface area contributed by atoms with Crippen molar-refractivity contribution in [2.45, 2.75) is 24.4 Å². The van der Waals surface area contributed by atoms with Gasteiger partial charge < -0.3 is 4.42 Å². The number of sulfonamides is 1. The van der Waals surface area contributed by atoms with Crippen LogP contribution in [0.5, 0.6) is 0 Å². The molecule has 0 saturated heterocycles. The van der Waals surface area contributed by atoms with E-state index < -0.39 is 10.0 Å². The Morgan fingerprint density at radius 2 is 1.73 bits per heavy atom. The minimum atomic E-state index is -3.43. The highest BCUT2D eigenvalue weighted by Crippen LogP contribution is 2.27. The Morgan fingerprint density at radius 3 is 2.42 bits per heavy atom. The summed E-state index contributed by atoms with van der Waals surface area (Å²) in [6.07, 6.45) is 0. The van der Waals surface area contributed by atoms with Crippen LogP contribution in [0.2, 0.25) is 0 Å². The van der Waals surface area contributed by atoms with Crippen LogP contribution in [0, 0.1) is 0 Å². The molecule has 6 heteroatoms. The van der Waals surface area contributed by atoms with Gasteiger partial charge in [-0.25, -0.2) is 12.7 Å². The molecular weight excluding hydrogens is 348 g/mol. The predicted octanol–water partition coefficient (Wildman–Crippen LogP) is 3.88. The molecule has 5 nitrogen and oxygen atoms in total. The van der Waals surface area contributed by atoms with E-state index in [4.69, 9.17) is 4.42 Å². The summed E-state index contributed by atoms with van der Waals surface area (Å²) in [5.41, 5.74) is 1.82. The summed E-state index contributed by atoms with van der Waals surface area (Å²) in [6.45, 7) is 2.70. The number of hydrogen-bond acceptors (Lipinski definition) is 4. The van der Waals surface area contributed by atoms with Crippen molar-refractivity contribution < 1.29 is 12.8 Å². The standard InChI is InChI=1S/C20H24N2O3S/c1-15(20-13-17-9-5-6-11-19(17)25-20)22(4)14-16-8-7-10-18(12-16)26(23,24)21(2)3/h5-13,15H,14H2,1-4H3. The van der Waals surface area contributed by atoms with Gasteiger partial charge in [0.15, 0.2) is 0 Å². The molecule has 0 spiro atoms. The highest BCUT2D eigenvalue weighted by atomic mass is 32.2. The lowest BCUT2D eigenvalue weighted by Gasteiger charge is -2.23. The van der Waals surface area contributed by atoms with Crippen LogP contribution < -0.4 is 0 Å². The highest BCUT2D eigenvalue weighted by molar-refractivity contribution is 7.89. The second-order valence-electron chi connectivity index (χ2n) is 6.71. The molecule has 0 saturated carbocycles. The number of nitrogens with zero attached hydrogens (tertiary/aromatic N) is 2. The average molecular weight is 372 g/mol. The van der Waals surface area contributed by atoms with Crippen molar-refractivity contribution in [2.75, 3.05) is 21.1 Å². The number of para-hydroxylation sites is 1. The van der Waals surface area contributed by atoms with Crippen molar-refractivity contribution in [3.63, 3.8) is 0 Å². The molecule has 1 aromatic heterocycles. The predicted molar refractivity (Wildman–Crippen MR) is 103 cm³/mol. The van der Waals surface area contributed by atoms with Gasteiger partial charge in [-0.05, 0) is 43.8 Å². The number of hydrogen-bond donors (Lipinski definition) is 0. The monoisotopic (exact) mass is 372 g/mol. The highest BCUT2D eigenvalue weighted by Gasteiger charge is 2.19. The van der Waals surface area contributed by atoms with Crippen LogP contribution in [0.15, 0.2) is 63.9 Å². The minimum Gasteiger partial charge on any atom is -0.459 e. The molecule has 2 aromatic carbocycles. The first-order chi connectivity index (χ1) is 12.3. The minimum absolute atomic E-state index is 0.0662. The second kappa shape index (κ2) is 7.23. The van der Waals surface area contributed by atoms with Gasteiger partial charge in [0.25, 0.3) is 0 Å². The number of rotatable bonds is 6. The van der Waals surface area contributed by atoms with Crippen LogP contribution in [0.4, 0.5) is 0 Å². The molecule has 0 fully saturated rings. The molecule has 3 aromatic rings. The zero-order valence-corrected chi connectivity index (χ0v) is 16.3. The molecule has 0 N–H and O–H groups in total. The van der Waals surface area contributed by atoms with E-state index in [9.17, 15) is 8.42 Å². The summed E-state index contributed by atoms with van der Waals surface area (Å²) < 4.78 is 31.8. The van der Waals surface area contributed by atoms with E-state index in [2.05, 4.69) is 17.9 Å². The van der Waals surface area contributed by atoms with Crippen molar-refractivity contribution in [1.82, 2.24) is 9.21 Å². The molecule has 1 unspecified atom stereocenters. The molecule has 26 heavy (non-hydrogen) atoms. The molecular formula is C20H24N2O3S. The molecule has 0 bridgehead atoms. The van der Waals surface area contributed by atoms with Gasteiger partial charge in [-0.2, -0.15) is 0 Å². The van der Waals surface area contributed by atoms with Crippen molar-refractivity contribution in [3.8, 4) is 0 Å². The molecule has 0 amide bonds. The van der Waals surface area contributed by atoms with E-state index in [1.165, 1.54) is 18.4 Å². The maximum absolute atomic E-state index is 12.3. The zero-order chi connectivity index (χ0) is 18.9. The van der Waals surface area contributed by atoms with Gasteiger partial charge in [0.05, 0.1) is 10.9 Å². The normalized spacial score (nSPS) is 13.6. The van der Waals surface area contributed by atoms with Crippen LogP contribution in [0.25, 0.3) is 11.0 Å². The van der Waals surface area contributed by atoms with Gasteiger partial charge in [-0.3, -0.25) is 4.90 Å². The summed E-state index contributed by atoms with van der Waals surface area (Å²) in [7, 11) is 1.66. The van der Waals surface area contributed by atoms with Crippen molar-refractivity contribution in [1.29, 1.82) is 0 Å². The molecule has 0 aliphatic rings. The van der Waals surface area contributed by atoms with Gasteiger partial charge in [0, 0.05) is 26.0 Å². The van der Waals surface area contributed by atoms with Crippen molar-refractivity contribution >= 4 is 21.0 Å². The zero-order valence-electron chi connectivity index (χ0n) is 15.5. The third-order valence-electron chi connectivity index (χ3n) is 4.63. The summed E-state index contributed by atoms with van der Waals surface area (Å²) in [5.74, 6) is 0.894. The lowest BCUT2D eigenvalue weighted by molar-refractivity contribution is 0.226. The van der Waals surface area contributed by atoms with Crippen molar-refractivity contribution in [3.05, 3.63) is 65.9 Å². The summed E-state index contributed by atoms with van der Waals surface area (Å²) in [5, 5.41) is 1.09. The third-order valence-corrected chi connectivity index (χ3v) is 6.44. The Labute approximate surface area is 154 Å². The molecule has 0 aliphatic carbocycles. The number of fused-ring (bicyclic) bond motifs is 1. The van der Waals surface area contributed by atoms with E-state index >= 15 is 0 Å². The topological polar surface area (TPSA) is 53.8 Å². The molecule has 1 atom stereocenters. The Morgan fingerprint density at radius 1 is 1.00 bits per heavy atom. The van der Waals surface area contributed by atoms with Gasteiger partial charge >= 0.3 is 0 Å². The maximum atomic E-state index is 12.3. The second-order valence-corrected chi connectivity index (χ2v) is 8.86. The first kappa shape index (κ1) is 18.6. The van der Waals surface area contributed by atoms with E-state index in [1.54, 1.807) is 18.2 Å². The summed E-state index contributed by atoms with van der Waals surface area (Å²) >= 11 is 0. The van der Waals surface area contributed by atoms with Crippen LogP contribution >= 0.6 is 0 Å². The van der Waals surface area contributed by atoms with Crippen LogP contribution in [-0.4, -0.2) is 38.8 Å². The summed E-state index contributed by atoms with van der Waals surface area (Å²) in [6, 6.07) is 17.2. The Hall–Kier alpha value is -2.15. The fourth-order valence-electron chi connectivity index (χ4n) is 2.87. The van der Waals surface area contributed by atoms with Crippen molar-refractivity contribution in [2.24, 2.45) is 0 Å². The van der Waals surface area contributed by atoms with E-state index in [0.717, 1.165) is 22.3 Å². The van der Waals surface area contributed by atoms with Crippen LogP contribution in [-0.2, 0) is 16.6 Å². The third kappa shape index (κ3) is 3.67. The average Bonchev–Trinajstić information content (AvgIpc) is 3.05. The van der Waals surface area contributed by atoms with Crippen LogP contribution in [0.1, 0.15) is 24.3 Å². The smallest absolute Gasteiger partial charge is 0.242 e. The number of furan rings is 1. The molecule has 1 heterocycles. The maximum Gasteiger partial charge on any atom is 0.242 e. The molecule has 0 radical (unpaired) electrons. The lowest BCUT2D eigenvalue weighted by Crippen LogP contribution is -2.23. The molecule has 0 aliphatic heterocycles. The van der Waals surface area contributed by atoms with E-state index in [-0.39, 0.29) is 6.04 Å². The fraction of sp³-hybridized carbons (Fsp3) is 0.300. The largest absolute Gasteiger partial charge is 0.459 e. The first-order valence-electron chi connectivity index (χ1n) is 8.49. The first-order valence-corrected chi connectivity index (χ1v) is 9.93. The fourth-order valence-corrected chi connectivity index (χ4v) is 3.84. The molecule has 3 rings (SSSR count). The lowest BCUT2D eigenvalue weighted by atomic mass is 10.1. The Bertz CT molecular complexity index is 976. The Kier molecular flexibility index (Phi) is 5.18.